The highest BCUT2D eigenvalue weighted by Crippen LogP contribution is 2.23. The third kappa shape index (κ3) is 6.64. The molecule has 0 saturated heterocycles. The number of anilines is 1. The van der Waals surface area contributed by atoms with Gasteiger partial charge in [0, 0.05) is 5.69 Å². The first-order chi connectivity index (χ1) is 13.8. The lowest BCUT2D eigenvalue weighted by atomic mass is 9.98. The fraction of sp³-hybridized carbons (Fsp3) is 0.318. The number of nitrogens with one attached hydrogen (secondary N) is 1. The Morgan fingerprint density at radius 3 is 2.45 bits per heavy atom. The van der Waals surface area contributed by atoms with E-state index in [9.17, 15) is 14.4 Å². The summed E-state index contributed by atoms with van der Waals surface area (Å²) in [5.41, 5.74) is 2.99. The maximum atomic E-state index is 11.9. The molecule has 2 rings (SSSR count). The Bertz CT molecular complexity index is 891. The van der Waals surface area contributed by atoms with Crippen LogP contribution in [0.1, 0.15) is 41.3 Å². The molecule has 154 valence electrons. The van der Waals surface area contributed by atoms with Gasteiger partial charge >= 0.3 is 11.9 Å². The van der Waals surface area contributed by atoms with Crippen molar-refractivity contribution in [3.63, 3.8) is 0 Å². The summed E-state index contributed by atoms with van der Waals surface area (Å²) in [5, 5.41) is 2.55. The van der Waals surface area contributed by atoms with Crippen molar-refractivity contribution in [1.82, 2.24) is 0 Å². The van der Waals surface area contributed by atoms with E-state index in [0.29, 0.717) is 22.9 Å². The number of rotatable bonds is 8. The van der Waals surface area contributed by atoms with E-state index in [4.69, 9.17) is 9.47 Å². The Morgan fingerprint density at radius 2 is 1.79 bits per heavy atom. The van der Waals surface area contributed by atoms with Crippen LogP contribution in [0.15, 0.2) is 42.5 Å². The first kappa shape index (κ1) is 21.9. The zero-order valence-electron chi connectivity index (χ0n) is 17.0. The average Bonchev–Trinajstić information content (AvgIpc) is 2.70. The summed E-state index contributed by atoms with van der Waals surface area (Å²) in [6, 6.07) is 11.9. The summed E-state index contributed by atoms with van der Waals surface area (Å²) in [7, 11) is 1.27. The van der Waals surface area contributed by atoms with E-state index in [0.717, 1.165) is 5.56 Å². The zero-order chi connectivity index (χ0) is 21.4. The van der Waals surface area contributed by atoms with Gasteiger partial charge in [-0.2, -0.15) is 0 Å². The lowest BCUT2D eigenvalue weighted by molar-refractivity contribution is -0.149. The van der Waals surface area contributed by atoms with Gasteiger partial charge in [-0.3, -0.25) is 4.79 Å². The van der Waals surface area contributed by atoms with Crippen LogP contribution in [0.5, 0.6) is 5.75 Å². The summed E-state index contributed by atoms with van der Waals surface area (Å²) in [6.07, 6.45) is 0. The van der Waals surface area contributed by atoms with E-state index < -0.39 is 24.5 Å². The quantitative estimate of drug-likeness (QED) is 0.684. The highest BCUT2D eigenvalue weighted by atomic mass is 16.6. The van der Waals surface area contributed by atoms with Crippen LogP contribution in [0.2, 0.25) is 0 Å². The maximum absolute atomic E-state index is 11.9. The number of carbonyl (C=O) groups excluding carboxylic acids is 3. The second-order valence-corrected chi connectivity index (χ2v) is 6.74. The van der Waals surface area contributed by atoms with E-state index in [1.165, 1.54) is 18.7 Å². The first-order valence-corrected chi connectivity index (χ1v) is 9.17. The molecule has 0 atom stereocenters. The summed E-state index contributed by atoms with van der Waals surface area (Å²) in [5.74, 6) is -0.735. The lowest BCUT2D eigenvalue weighted by Gasteiger charge is -2.12. The lowest BCUT2D eigenvalue weighted by Crippen LogP contribution is -2.23. The van der Waals surface area contributed by atoms with Crippen molar-refractivity contribution in [3.05, 3.63) is 59.2 Å². The molecule has 0 aromatic heterocycles. The van der Waals surface area contributed by atoms with Gasteiger partial charge in [0.05, 0.1) is 12.7 Å². The molecule has 0 radical (unpaired) electrons. The third-order valence-corrected chi connectivity index (χ3v) is 4.15. The summed E-state index contributed by atoms with van der Waals surface area (Å²) < 4.78 is 15.0. The predicted octanol–water partition coefficient (Wildman–Crippen LogP) is 3.47. The average molecular weight is 399 g/mol. The van der Waals surface area contributed by atoms with Crippen LogP contribution in [0.4, 0.5) is 5.69 Å². The van der Waals surface area contributed by atoms with Gasteiger partial charge in [-0.15, -0.1) is 0 Å². The SMILES string of the molecule is COC(=O)c1cccc(NC(=O)COC(=O)COc2ccc(C(C)C)c(C)c2)c1. The van der Waals surface area contributed by atoms with Crippen molar-refractivity contribution in [2.45, 2.75) is 26.7 Å². The van der Waals surface area contributed by atoms with E-state index in [2.05, 4.69) is 23.9 Å². The van der Waals surface area contributed by atoms with Crippen molar-refractivity contribution < 1.29 is 28.6 Å². The zero-order valence-corrected chi connectivity index (χ0v) is 17.0. The smallest absolute Gasteiger partial charge is 0.344 e. The van der Waals surface area contributed by atoms with Gasteiger partial charge in [-0.1, -0.05) is 26.0 Å². The minimum Gasteiger partial charge on any atom is -0.482 e. The molecule has 0 saturated carbocycles. The Hall–Kier alpha value is -3.35. The molecule has 2 aromatic rings. The minimum atomic E-state index is -0.658. The molecule has 0 bridgehead atoms. The molecule has 0 aliphatic heterocycles. The van der Waals surface area contributed by atoms with Gasteiger partial charge in [-0.25, -0.2) is 9.59 Å². The highest BCUT2D eigenvalue weighted by molar-refractivity contribution is 5.95. The van der Waals surface area contributed by atoms with E-state index in [1.54, 1.807) is 24.3 Å². The topological polar surface area (TPSA) is 90.9 Å². The van der Waals surface area contributed by atoms with Gasteiger partial charge in [0.25, 0.3) is 5.91 Å². The fourth-order valence-corrected chi connectivity index (χ4v) is 2.75. The summed E-state index contributed by atoms with van der Waals surface area (Å²) in [4.78, 5) is 35.3. The van der Waals surface area contributed by atoms with Gasteiger partial charge < -0.3 is 19.5 Å². The van der Waals surface area contributed by atoms with Gasteiger partial charge in [-0.05, 0) is 54.3 Å². The van der Waals surface area contributed by atoms with E-state index in [-0.39, 0.29) is 6.61 Å². The molecule has 0 spiro atoms. The van der Waals surface area contributed by atoms with Crippen LogP contribution in [0, 0.1) is 6.92 Å². The number of benzene rings is 2. The molecule has 7 heteroatoms. The molecule has 1 amide bonds. The van der Waals surface area contributed by atoms with E-state index in [1.807, 2.05) is 19.1 Å². The molecule has 0 aliphatic carbocycles. The number of aryl methyl sites for hydroxylation is 1. The van der Waals surface area contributed by atoms with Crippen molar-refractivity contribution >= 4 is 23.5 Å². The van der Waals surface area contributed by atoms with Crippen molar-refractivity contribution in [2.75, 3.05) is 25.6 Å². The molecule has 2 aromatic carbocycles. The molecule has 0 unspecified atom stereocenters. The van der Waals surface area contributed by atoms with Crippen LogP contribution in [0.25, 0.3) is 0 Å². The molecule has 0 heterocycles. The molecule has 29 heavy (non-hydrogen) atoms. The van der Waals surface area contributed by atoms with Crippen molar-refractivity contribution in [2.24, 2.45) is 0 Å². The molecular formula is C22H25NO6. The van der Waals surface area contributed by atoms with Gasteiger partial charge in [0.1, 0.15) is 5.75 Å². The largest absolute Gasteiger partial charge is 0.482 e. The Morgan fingerprint density at radius 1 is 1.03 bits per heavy atom. The van der Waals surface area contributed by atoms with Gasteiger partial charge in [0.15, 0.2) is 13.2 Å². The second kappa shape index (κ2) is 10.3. The fourth-order valence-electron chi connectivity index (χ4n) is 2.75. The third-order valence-electron chi connectivity index (χ3n) is 4.15. The number of carbonyl (C=O) groups is 3. The second-order valence-electron chi connectivity index (χ2n) is 6.74. The Kier molecular flexibility index (Phi) is 7.77. The molecule has 0 fully saturated rings. The number of methoxy groups -OCH3 is 1. The molecule has 1 N–H and O–H groups in total. The van der Waals surface area contributed by atoms with Crippen LogP contribution < -0.4 is 10.1 Å². The first-order valence-electron chi connectivity index (χ1n) is 9.17. The van der Waals surface area contributed by atoms with Crippen molar-refractivity contribution in [3.8, 4) is 5.75 Å². The molecule has 7 nitrogen and oxygen atoms in total. The predicted molar refractivity (Wildman–Crippen MR) is 108 cm³/mol. The number of hydrogen-bond acceptors (Lipinski definition) is 6. The van der Waals surface area contributed by atoms with Crippen LogP contribution in [-0.2, 0) is 19.1 Å². The van der Waals surface area contributed by atoms with Gasteiger partial charge in [0.2, 0.25) is 0 Å². The Labute approximate surface area is 170 Å². The number of ether oxygens (including phenoxy) is 3. The normalized spacial score (nSPS) is 10.4. The van der Waals surface area contributed by atoms with E-state index >= 15 is 0 Å². The number of esters is 2. The number of amides is 1. The monoisotopic (exact) mass is 399 g/mol. The molecular weight excluding hydrogens is 374 g/mol. The summed E-state index contributed by atoms with van der Waals surface area (Å²) >= 11 is 0. The highest BCUT2D eigenvalue weighted by Gasteiger charge is 2.11. The maximum Gasteiger partial charge on any atom is 0.344 e. The van der Waals surface area contributed by atoms with Crippen molar-refractivity contribution in [1.29, 1.82) is 0 Å². The summed E-state index contributed by atoms with van der Waals surface area (Å²) in [6.45, 7) is 5.44. The van der Waals surface area contributed by atoms with Crippen LogP contribution in [0.3, 0.4) is 0 Å². The standard InChI is InChI=1S/C22H25NO6/c1-14(2)19-9-8-18(10-15(19)3)28-13-21(25)29-12-20(24)23-17-7-5-6-16(11-17)22(26)27-4/h5-11,14H,12-13H2,1-4H3,(H,23,24). The minimum absolute atomic E-state index is 0.300. The molecule has 0 aliphatic rings. The van der Waals surface area contributed by atoms with Crippen LogP contribution in [-0.4, -0.2) is 38.2 Å². The van der Waals surface area contributed by atoms with Crippen LogP contribution >= 0.6 is 0 Å². The number of hydrogen-bond donors (Lipinski definition) is 1. The Balaban J connectivity index is 1.80.